The zero-order chi connectivity index (χ0) is 24.8. The highest BCUT2D eigenvalue weighted by atomic mass is 16.5. The molecule has 0 aliphatic heterocycles. The average Bonchev–Trinajstić information content (AvgIpc) is 3.28. The first kappa shape index (κ1) is 23.8. The number of aromatic nitrogens is 4. The van der Waals surface area contributed by atoms with E-state index in [9.17, 15) is 4.79 Å². The molecule has 0 unspecified atom stereocenters. The van der Waals surface area contributed by atoms with E-state index in [4.69, 9.17) is 18.9 Å². The van der Waals surface area contributed by atoms with Gasteiger partial charge in [0.25, 0.3) is 5.91 Å². The average molecular weight is 478 g/mol. The van der Waals surface area contributed by atoms with Crippen LogP contribution in [0.2, 0.25) is 0 Å². The molecule has 10 nitrogen and oxygen atoms in total. The van der Waals surface area contributed by atoms with Crippen molar-refractivity contribution in [3.63, 3.8) is 0 Å². The molecular weight excluding hydrogens is 450 g/mol. The highest BCUT2D eigenvalue weighted by Gasteiger charge is 2.16. The van der Waals surface area contributed by atoms with Crippen LogP contribution in [0.5, 0.6) is 23.1 Å². The van der Waals surface area contributed by atoms with Gasteiger partial charge in [-0.25, -0.2) is 0 Å². The molecule has 2 heterocycles. The predicted molar refractivity (Wildman–Crippen MR) is 129 cm³/mol. The Balaban J connectivity index is 1.34. The summed E-state index contributed by atoms with van der Waals surface area (Å²) in [6.07, 6.45) is 0. The zero-order valence-electron chi connectivity index (χ0n) is 20.1. The molecule has 4 aromatic rings. The van der Waals surface area contributed by atoms with Gasteiger partial charge < -0.3 is 24.3 Å². The van der Waals surface area contributed by atoms with Crippen LogP contribution in [0.4, 0.5) is 0 Å². The number of methoxy groups -OCH3 is 2. The van der Waals surface area contributed by atoms with Crippen molar-refractivity contribution in [3.05, 3.63) is 59.7 Å². The molecule has 0 bridgehead atoms. The van der Waals surface area contributed by atoms with E-state index in [1.807, 2.05) is 44.2 Å². The van der Waals surface area contributed by atoms with Crippen LogP contribution >= 0.6 is 0 Å². The maximum Gasteiger partial charge on any atom is 0.258 e. The van der Waals surface area contributed by atoms with E-state index in [1.165, 1.54) is 0 Å². The fraction of sp³-hybridized carbons (Fsp3) is 0.280. The first-order chi connectivity index (χ1) is 17.0. The minimum absolute atomic E-state index is 0.0676. The molecule has 2 aromatic heterocycles. The minimum Gasteiger partial charge on any atom is -0.497 e. The van der Waals surface area contributed by atoms with Gasteiger partial charge in [-0.2, -0.15) is 4.52 Å². The zero-order valence-corrected chi connectivity index (χ0v) is 20.1. The number of nitrogens with zero attached hydrogens (tertiary/aromatic N) is 4. The smallest absolute Gasteiger partial charge is 0.258 e. The lowest BCUT2D eigenvalue weighted by atomic mass is 10.1. The number of ether oxygens (including phenoxy) is 4. The number of benzene rings is 2. The topological polar surface area (TPSA) is 109 Å². The number of hydrogen-bond acceptors (Lipinski definition) is 8. The van der Waals surface area contributed by atoms with Crippen molar-refractivity contribution >= 4 is 11.6 Å². The Morgan fingerprint density at radius 1 is 0.943 bits per heavy atom. The summed E-state index contributed by atoms with van der Waals surface area (Å²) < 4.78 is 23.6. The van der Waals surface area contributed by atoms with E-state index in [2.05, 4.69) is 20.6 Å². The van der Waals surface area contributed by atoms with E-state index < -0.39 is 0 Å². The molecule has 1 amide bonds. The third-order valence-corrected chi connectivity index (χ3v) is 5.25. The molecule has 4 rings (SSSR count). The summed E-state index contributed by atoms with van der Waals surface area (Å²) in [4.78, 5) is 12.1. The van der Waals surface area contributed by atoms with Crippen LogP contribution in [0, 0.1) is 13.8 Å². The summed E-state index contributed by atoms with van der Waals surface area (Å²) in [6.45, 7) is 4.43. The standard InChI is InChI=1S/C25H27N5O5/c1-16-5-8-20(17(2)13-16)35-15-23(31)26-11-12-34-24-10-9-22-27-28-25(30(22)29-24)19-7-6-18(32-3)14-21(19)33-4/h5-10,13-14H,11-12,15H2,1-4H3,(H,26,31). The molecular formula is C25H27N5O5. The monoisotopic (exact) mass is 477 g/mol. The third-order valence-electron chi connectivity index (χ3n) is 5.25. The van der Waals surface area contributed by atoms with Crippen molar-refractivity contribution in [2.24, 2.45) is 0 Å². The lowest BCUT2D eigenvalue weighted by Gasteiger charge is -2.11. The minimum atomic E-state index is -0.232. The van der Waals surface area contributed by atoms with Crippen LogP contribution in [-0.4, -0.2) is 59.7 Å². The Bertz CT molecular complexity index is 1340. The van der Waals surface area contributed by atoms with Gasteiger partial charge in [-0.15, -0.1) is 15.3 Å². The second kappa shape index (κ2) is 10.7. The molecule has 182 valence electrons. The molecule has 1 N–H and O–H groups in total. The number of nitrogens with one attached hydrogen (secondary N) is 1. The summed E-state index contributed by atoms with van der Waals surface area (Å²) in [6, 6.07) is 14.7. The van der Waals surface area contributed by atoms with E-state index in [-0.39, 0.29) is 19.1 Å². The highest BCUT2D eigenvalue weighted by molar-refractivity contribution is 5.77. The maximum absolute atomic E-state index is 12.1. The van der Waals surface area contributed by atoms with Crippen LogP contribution in [-0.2, 0) is 4.79 Å². The Labute approximate surface area is 202 Å². The molecule has 10 heteroatoms. The fourth-order valence-electron chi connectivity index (χ4n) is 3.50. The van der Waals surface area contributed by atoms with E-state index in [0.29, 0.717) is 46.7 Å². The molecule has 35 heavy (non-hydrogen) atoms. The summed E-state index contributed by atoms with van der Waals surface area (Å²) >= 11 is 0. The molecule has 0 aliphatic rings. The first-order valence-electron chi connectivity index (χ1n) is 11.0. The van der Waals surface area contributed by atoms with Gasteiger partial charge in [0.15, 0.2) is 18.1 Å². The van der Waals surface area contributed by atoms with Gasteiger partial charge in [-0.1, -0.05) is 17.7 Å². The second-order valence-electron chi connectivity index (χ2n) is 7.79. The lowest BCUT2D eigenvalue weighted by Crippen LogP contribution is -2.32. The van der Waals surface area contributed by atoms with Gasteiger partial charge in [0, 0.05) is 12.1 Å². The summed E-state index contributed by atoms with van der Waals surface area (Å²) in [5.41, 5.74) is 3.40. The molecule has 0 fully saturated rings. The number of carbonyl (C=O) groups excluding carboxylic acids is 1. The van der Waals surface area contributed by atoms with Gasteiger partial charge in [-0.3, -0.25) is 4.79 Å². The van der Waals surface area contributed by atoms with Crippen LogP contribution in [0.25, 0.3) is 17.0 Å². The second-order valence-corrected chi connectivity index (χ2v) is 7.79. The Hall–Kier alpha value is -4.34. The normalized spacial score (nSPS) is 10.7. The summed E-state index contributed by atoms with van der Waals surface area (Å²) in [5.74, 6) is 2.58. The lowest BCUT2D eigenvalue weighted by molar-refractivity contribution is -0.123. The van der Waals surface area contributed by atoms with Crippen LogP contribution in [0.1, 0.15) is 11.1 Å². The molecule has 0 saturated carbocycles. The molecule has 0 saturated heterocycles. The van der Waals surface area contributed by atoms with E-state index in [1.54, 1.807) is 36.9 Å². The van der Waals surface area contributed by atoms with Gasteiger partial charge in [-0.05, 0) is 43.7 Å². The van der Waals surface area contributed by atoms with Crippen molar-refractivity contribution in [1.29, 1.82) is 0 Å². The highest BCUT2D eigenvalue weighted by Crippen LogP contribution is 2.32. The Morgan fingerprint density at radius 2 is 1.80 bits per heavy atom. The number of aryl methyl sites for hydroxylation is 2. The predicted octanol–water partition coefficient (Wildman–Crippen LogP) is 3.00. The Morgan fingerprint density at radius 3 is 2.57 bits per heavy atom. The molecule has 0 radical (unpaired) electrons. The van der Waals surface area contributed by atoms with Gasteiger partial charge >= 0.3 is 0 Å². The molecule has 0 spiro atoms. The van der Waals surface area contributed by atoms with Crippen LogP contribution < -0.4 is 24.3 Å². The van der Waals surface area contributed by atoms with Crippen molar-refractivity contribution in [2.75, 3.05) is 34.0 Å². The van der Waals surface area contributed by atoms with Gasteiger partial charge in [0.1, 0.15) is 23.9 Å². The van der Waals surface area contributed by atoms with Crippen LogP contribution in [0.15, 0.2) is 48.5 Å². The number of carbonyl (C=O) groups is 1. The quantitative estimate of drug-likeness (QED) is 0.347. The SMILES string of the molecule is COc1ccc(-c2nnc3ccc(OCCNC(=O)COc4ccc(C)cc4C)nn23)c(OC)c1. The third kappa shape index (κ3) is 5.60. The van der Waals surface area contributed by atoms with E-state index in [0.717, 1.165) is 11.1 Å². The Kier molecular flexibility index (Phi) is 7.30. The summed E-state index contributed by atoms with van der Waals surface area (Å²) in [5, 5.41) is 15.7. The van der Waals surface area contributed by atoms with Crippen molar-refractivity contribution in [2.45, 2.75) is 13.8 Å². The first-order valence-corrected chi connectivity index (χ1v) is 11.0. The summed E-state index contributed by atoms with van der Waals surface area (Å²) in [7, 11) is 3.16. The van der Waals surface area contributed by atoms with Crippen molar-refractivity contribution in [1.82, 2.24) is 25.1 Å². The van der Waals surface area contributed by atoms with Gasteiger partial charge in [0.05, 0.1) is 26.3 Å². The number of rotatable bonds is 10. The van der Waals surface area contributed by atoms with Crippen molar-refractivity contribution < 1.29 is 23.7 Å². The largest absolute Gasteiger partial charge is 0.497 e. The van der Waals surface area contributed by atoms with Crippen molar-refractivity contribution in [3.8, 4) is 34.5 Å². The van der Waals surface area contributed by atoms with Crippen LogP contribution in [0.3, 0.4) is 0 Å². The van der Waals surface area contributed by atoms with Gasteiger partial charge in [0.2, 0.25) is 5.88 Å². The molecule has 2 aromatic carbocycles. The fourth-order valence-corrected chi connectivity index (χ4v) is 3.50. The number of hydrogen-bond donors (Lipinski definition) is 1. The van der Waals surface area contributed by atoms with E-state index >= 15 is 0 Å². The molecule has 0 aliphatic carbocycles. The molecule has 0 atom stereocenters. The number of amides is 1. The maximum atomic E-state index is 12.1. The number of fused-ring (bicyclic) bond motifs is 1.